The molecule has 0 radical (unpaired) electrons. The van der Waals surface area contributed by atoms with Crippen molar-refractivity contribution < 1.29 is 23.9 Å². The molecule has 0 aromatic heterocycles. The standard InChI is InChI=1S/C21H16N2O5/c1-2-27-13-9-7-12(8-10-13)17-11-15(14-5-3-4-6-16(14)28-17)18-19(24)22-21(26)23-20(18)25/h3-11H,2H2,1H3,(H2,22,23,24,25,26). The Labute approximate surface area is 160 Å². The van der Waals surface area contributed by atoms with Gasteiger partial charge in [-0.1, -0.05) is 18.2 Å². The Morgan fingerprint density at radius 1 is 0.929 bits per heavy atom. The van der Waals surface area contributed by atoms with Gasteiger partial charge >= 0.3 is 6.03 Å². The maximum absolute atomic E-state index is 12.3. The first kappa shape index (κ1) is 17.5. The van der Waals surface area contributed by atoms with E-state index < -0.39 is 17.8 Å². The predicted molar refractivity (Wildman–Crippen MR) is 101 cm³/mol. The Morgan fingerprint density at radius 3 is 2.29 bits per heavy atom. The van der Waals surface area contributed by atoms with E-state index in [0.717, 1.165) is 11.3 Å². The molecule has 2 heterocycles. The largest absolute Gasteiger partial charge is 0.494 e. The minimum absolute atomic E-state index is 0.140. The zero-order valence-corrected chi connectivity index (χ0v) is 14.9. The number of amides is 4. The zero-order chi connectivity index (χ0) is 19.7. The molecule has 1 saturated heterocycles. The quantitative estimate of drug-likeness (QED) is 0.634. The fraction of sp³-hybridized carbons (Fsp3) is 0.0952. The molecule has 4 amide bonds. The molecule has 0 saturated carbocycles. The van der Waals surface area contributed by atoms with Crippen LogP contribution in [0.3, 0.4) is 0 Å². The third-order valence-electron chi connectivity index (χ3n) is 4.30. The number of imide groups is 2. The number of ether oxygens (including phenoxy) is 2. The number of hydrogen-bond donors (Lipinski definition) is 2. The number of benzene rings is 2. The average molecular weight is 376 g/mol. The Bertz CT molecular complexity index is 1030. The maximum Gasteiger partial charge on any atom is 0.328 e. The molecule has 0 bridgehead atoms. The van der Waals surface area contributed by atoms with Crippen LogP contribution in [0.2, 0.25) is 0 Å². The zero-order valence-electron chi connectivity index (χ0n) is 14.9. The van der Waals surface area contributed by atoms with Crippen LogP contribution in [0.4, 0.5) is 4.79 Å². The van der Waals surface area contributed by atoms with Crippen molar-refractivity contribution in [1.82, 2.24) is 10.6 Å². The fourth-order valence-electron chi connectivity index (χ4n) is 3.08. The Balaban J connectivity index is 1.84. The third kappa shape index (κ3) is 3.14. The van der Waals surface area contributed by atoms with Gasteiger partial charge in [-0.2, -0.15) is 0 Å². The third-order valence-corrected chi connectivity index (χ3v) is 4.30. The summed E-state index contributed by atoms with van der Waals surface area (Å²) in [6.45, 7) is 2.46. The van der Waals surface area contributed by atoms with Crippen molar-refractivity contribution in [1.29, 1.82) is 0 Å². The highest BCUT2D eigenvalue weighted by molar-refractivity contribution is 6.33. The summed E-state index contributed by atoms with van der Waals surface area (Å²) in [6.07, 6.45) is 1.63. The van der Waals surface area contributed by atoms with E-state index in [1.165, 1.54) is 0 Å². The molecule has 2 N–H and O–H groups in total. The van der Waals surface area contributed by atoms with E-state index in [1.54, 1.807) is 30.3 Å². The normalized spacial score (nSPS) is 15.9. The summed E-state index contributed by atoms with van der Waals surface area (Å²) in [7, 11) is 0. The Morgan fingerprint density at radius 2 is 1.61 bits per heavy atom. The van der Waals surface area contributed by atoms with Crippen LogP contribution in [-0.4, -0.2) is 24.5 Å². The number of hydrogen-bond acceptors (Lipinski definition) is 5. The van der Waals surface area contributed by atoms with Gasteiger partial charge in [0.2, 0.25) is 0 Å². The minimum atomic E-state index is -0.838. The maximum atomic E-state index is 12.3. The lowest BCUT2D eigenvalue weighted by atomic mass is 9.93. The van der Waals surface area contributed by atoms with Gasteiger partial charge in [0.1, 0.15) is 22.8 Å². The van der Waals surface area contributed by atoms with E-state index in [2.05, 4.69) is 10.6 Å². The summed E-state index contributed by atoms with van der Waals surface area (Å²) in [6, 6.07) is 13.5. The van der Waals surface area contributed by atoms with Crippen LogP contribution in [0, 0.1) is 0 Å². The van der Waals surface area contributed by atoms with Crippen molar-refractivity contribution in [3.63, 3.8) is 0 Å². The lowest BCUT2D eigenvalue weighted by Gasteiger charge is -2.23. The number of carbonyl (C=O) groups excluding carboxylic acids is 3. The van der Waals surface area contributed by atoms with Crippen molar-refractivity contribution in [3.05, 3.63) is 71.3 Å². The molecule has 2 aliphatic heterocycles. The van der Waals surface area contributed by atoms with Crippen LogP contribution in [0.25, 0.3) is 11.3 Å². The molecule has 0 aliphatic carbocycles. The molecule has 2 aromatic rings. The average Bonchev–Trinajstić information content (AvgIpc) is 2.68. The number of para-hydroxylation sites is 1. The second-order valence-corrected chi connectivity index (χ2v) is 6.09. The van der Waals surface area contributed by atoms with Gasteiger partial charge in [-0.15, -0.1) is 0 Å². The van der Waals surface area contributed by atoms with Crippen molar-refractivity contribution >= 4 is 29.2 Å². The molecule has 7 nitrogen and oxygen atoms in total. The first-order valence-corrected chi connectivity index (χ1v) is 8.70. The first-order valence-electron chi connectivity index (χ1n) is 8.70. The predicted octanol–water partition coefficient (Wildman–Crippen LogP) is 2.64. The van der Waals surface area contributed by atoms with Gasteiger partial charge in [-0.3, -0.25) is 20.2 Å². The first-order chi connectivity index (χ1) is 13.6. The smallest absolute Gasteiger partial charge is 0.328 e. The van der Waals surface area contributed by atoms with Crippen LogP contribution in [-0.2, 0) is 9.59 Å². The minimum Gasteiger partial charge on any atom is -0.494 e. The monoisotopic (exact) mass is 376 g/mol. The molecule has 0 atom stereocenters. The van der Waals surface area contributed by atoms with Gasteiger partial charge in [0.15, 0.2) is 0 Å². The van der Waals surface area contributed by atoms with Crippen LogP contribution in [0.5, 0.6) is 11.5 Å². The van der Waals surface area contributed by atoms with Gasteiger partial charge in [0, 0.05) is 16.7 Å². The van der Waals surface area contributed by atoms with Crippen LogP contribution < -0.4 is 20.1 Å². The molecule has 140 valence electrons. The number of barbiturate groups is 1. The molecular formula is C21H16N2O5. The van der Waals surface area contributed by atoms with Crippen molar-refractivity contribution in [2.24, 2.45) is 0 Å². The van der Waals surface area contributed by atoms with Crippen molar-refractivity contribution in [3.8, 4) is 11.5 Å². The summed E-state index contributed by atoms with van der Waals surface area (Å²) in [5, 5.41) is 4.22. The number of nitrogens with one attached hydrogen (secondary N) is 2. The summed E-state index contributed by atoms with van der Waals surface area (Å²) in [5.41, 5.74) is 1.59. The molecule has 0 spiro atoms. The van der Waals surface area contributed by atoms with Crippen LogP contribution in [0.1, 0.15) is 18.1 Å². The van der Waals surface area contributed by atoms with E-state index in [-0.39, 0.29) is 5.57 Å². The highest BCUT2D eigenvalue weighted by atomic mass is 16.5. The lowest BCUT2D eigenvalue weighted by Crippen LogP contribution is -2.51. The fourth-order valence-corrected chi connectivity index (χ4v) is 3.08. The van der Waals surface area contributed by atoms with E-state index in [4.69, 9.17) is 9.47 Å². The second-order valence-electron chi connectivity index (χ2n) is 6.09. The van der Waals surface area contributed by atoms with Gasteiger partial charge in [0.25, 0.3) is 11.8 Å². The number of rotatable bonds is 3. The van der Waals surface area contributed by atoms with Crippen molar-refractivity contribution in [2.45, 2.75) is 6.92 Å². The van der Waals surface area contributed by atoms with Gasteiger partial charge in [0.05, 0.1) is 6.61 Å². The topological polar surface area (TPSA) is 93.7 Å². The molecular weight excluding hydrogens is 360 g/mol. The molecule has 0 unspecified atom stereocenters. The van der Waals surface area contributed by atoms with Gasteiger partial charge < -0.3 is 9.47 Å². The molecule has 2 aromatic carbocycles. The molecule has 28 heavy (non-hydrogen) atoms. The number of fused-ring (bicyclic) bond motifs is 1. The lowest BCUT2D eigenvalue weighted by molar-refractivity contribution is -0.123. The summed E-state index contributed by atoms with van der Waals surface area (Å²) in [4.78, 5) is 36.1. The molecule has 7 heteroatoms. The SMILES string of the molecule is CCOc1ccc(C2=CC(=C3C(=O)NC(=O)NC3=O)c3ccccc3O2)cc1. The van der Waals surface area contributed by atoms with Gasteiger partial charge in [-0.05, 0) is 43.3 Å². The van der Waals surface area contributed by atoms with Gasteiger partial charge in [-0.25, -0.2) is 4.79 Å². The summed E-state index contributed by atoms with van der Waals surface area (Å²) in [5.74, 6) is 0.215. The number of urea groups is 1. The highest BCUT2D eigenvalue weighted by Crippen LogP contribution is 2.39. The summed E-state index contributed by atoms with van der Waals surface area (Å²) < 4.78 is 11.4. The van der Waals surface area contributed by atoms with Crippen LogP contribution in [0.15, 0.2) is 60.2 Å². The second kappa shape index (κ2) is 7.03. The van der Waals surface area contributed by atoms with E-state index in [0.29, 0.717) is 29.3 Å². The summed E-state index contributed by atoms with van der Waals surface area (Å²) >= 11 is 0. The molecule has 2 aliphatic rings. The Kier molecular flexibility index (Phi) is 4.41. The Hall–Kier alpha value is -3.87. The van der Waals surface area contributed by atoms with Crippen molar-refractivity contribution in [2.75, 3.05) is 6.61 Å². The number of carbonyl (C=O) groups is 3. The van der Waals surface area contributed by atoms with Crippen LogP contribution >= 0.6 is 0 Å². The highest BCUT2D eigenvalue weighted by Gasteiger charge is 2.33. The van der Waals surface area contributed by atoms with E-state index in [9.17, 15) is 14.4 Å². The number of allylic oxidation sites excluding steroid dienone is 2. The molecule has 1 fully saturated rings. The van der Waals surface area contributed by atoms with E-state index >= 15 is 0 Å². The van der Waals surface area contributed by atoms with E-state index in [1.807, 2.05) is 31.2 Å². The molecule has 4 rings (SSSR count).